The number of pyridine rings is 1. The van der Waals surface area contributed by atoms with Gasteiger partial charge in [-0.05, 0) is 12.1 Å². The van der Waals surface area contributed by atoms with Gasteiger partial charge in [-0.2, -0.15) is 0 Å². The Morgan fingerprint density at radius 3 is 2.70 bits per heavy atom. The molecule has 1 amide bonds. The molecule has 2 heterocycles. The molecule has 1 aliphatic rings. The van der Waals surface area contributed by atoms with Crippen LogP contribution in [0.4, 0.5) is 5.82 Å². The minimum Gasteiger partial charge on any atom is -0.375 e. The number of hydrogen-bond acceptors (Lipinski definition) is 3. The Morgan fingerprint density at radius 2 is 2.05 bits per heavy atom. The van der Waals surface area contributed by atoms with Gasteiger partial charge < -0.3 is 10.1 Å². The first-order valence-corrected chi connectivity index (χ1v) is 11.8. The quantitative estimate of drug-likeness (QED) is 0.446. The van der Waals surface area contributed by atoms with E-state index in [9.17, 15) is 4.79 Å². The summed E-state index contributed by atoms with van der Waals surface area (Å²) >= 11 is 6.71. The van der Waals surface area contributed by atoms with Crippen LogP contribution < -0.4 is 5.32 Å². The van der Waals surface area contributed by atoms with Gasteiger partial charge in [-0.3, -0.25) is 4.79 Å². The number of anilines is 1. The van der Waals surface area contributed by atoms with Crippen molar-refractivity contribution in [1.29, 1.82) is 0 Å². The summed E-state index contributed by atoms with van der Waals surface area (Å²) < 4.78 is 4.81. The van der Waals surface area contributed by atoms with Crippen molar-refractivity contribution in [3.8, 4) is 0 Å². The van der Waals surface area contributed by atoms with Crippen LogP contribution in [0.5, 0.6) is 0 Å². The van der Waals surface area contributed by atoms with Gasteiger partial charge in [0.2, 0.25) is 0 Å². The number of nitrogens with one attached hydrogen (secondary N) is 1. The van der Waals surface area contributed by atoms with E-state index in [1.54, 1.807) is 0 Å². The number of rotatable bonds is 5. The molecule has 0 atom stereocenters. The van der Waals surface area contributed by atoms with Crippen molar-refractivity contribution in [3.05, 3.63) is 23.4 Å². The second-order valence-corrected chi connectivity index (χ2v) is 15.2. The molecule has 0 unspecified atom stereocenters. The molecule has 1 aromatic heterocycles. The van der Waals surface area contributed by atoms with Crippen molar-refractivity contribution in [1.82, 2.24) is 4.98 Å². The van der Waals surface area contributed by atoms with Crippen molar-refractivity contribution in [2.45, 2.75) is 35.5 Å². The molecule has 0 saturated carbocycles. The number of fused-ring (bicyclic) bond motifs is 1. The highest BCUT2D eigenvalue weighted by Crippen LogP contribution is 2.46. The zero-order valence-electron chi connectivity index (χ0n) is 11.8. The first-order chi connectivity index (χ1) is 9.20. The number of amides is 1. The Hall–Kier alpha value is -0.243. The molecule has 0 spiro atoms. The molecular formula is C13H18Br2N2O2Si. The number of halogens is 2. The molecule has 0 bridgehead atoms. The zero-order valence-corrected chi connectivity index (χ0v) is 16.0. The van der Waals surface area contributed by atoms with Gasteiger partial charge in [0.1, 0.15) is 5.82 Å². The summed E-state index contributed by atoms with van der Waals surface area (Å²) in [5.74, 6) is 0.437. The first-order valence-electron chi connectivity index (χ1n) is 6.47. The molecule has 20 heavy (non-hydrogen) atoms. The largest absolute Gasteiger partial charge is 0.375 e. The van der Waals surface area contributed by atoms with E-state index >= 15 is 0 Å². The second kappa shape index (κ2) is 5.86. The Labute approximate surface area is 137 Å². The summed E-state index contributed by atoms with van der Waals surface area (Å²) in [6.07, 6.45) is 0. The van der Waals surface area contributed by atoms with Crippen molar-refractivity contribution in [2.75, 3.05) is 11.9 Å². The molecule has 0 aliphatic carbocycles. The highest BCUT2D eigenvalue weighted by molar-refractivity contribution is 9.25. The topological polar surface area (TPSA) is 51.2 Å². The van der Waals surface area contributed by atoms with Crippen LogP contribution in [0.15, 0.2) is 12.1 Å². The average Bonchev–Trinajstić information content (AvgIpc) is 2.54. The summed E-state index contributed by atoms with van der Waals surface area (Å²) in [4.78, 5) is 16.2. The third kappa shape index (κ3) is 3.69. The van der Waals surface area contributed by atoms with Gasteiger partial charge in [-0.15, -0.1) is 0 Å². The standard InChI is InChI=1S/C13H18Br2N2O2Si/c1-20(2,3)7-6-19-8-9-4-5-10-11(16-9)17-12(18)13(10,14)15/h4-5H,6-8H2,1-3H3,(H,16,17,18). The minimum absolute atomic E-state index is 0.156. The molecular weight excluding hydrogens is 404 g/mol. The van der Waals surface area contributed by atoms with E-state index in [4.69, 9.17) is 4.74 Å². The Bertz CT molecular complexity index is 530. The number of aromatic nitrogens is 1. The van der Waals surface area contributed by atoms with Gasteiger partial charge in [-0.25, -0.2) is 4.98 Å². The van der Waals surface area contributed by atoms with Gasteiger partial charge in [0.25, 0.3) is 5.91 Å². The van der Waals surface area contributed by atoms with E-state index in [2.05, 4.69) is 61.8 Å². The molecule has 4 nitrogen and oxygen atoms in total. The van der Waals surface area contributed by atoms with Crippen molar-refractivity contribution >= 4 is 51.7 Å². The fourth-order valence-corrected chi connectivity index (χ4v) is 3.39. The summed E-state index contributed by atoms with van der Waals surface area (Å²) in [7, 11) is -1.06. The van der Waals surface area contributed by atoms with Crippen LogP contribution in [-0.4, -0.2) is 25.6 Å². The van der Waals surface area contributed by atoms with Crippen molar-refractivity contribution < 1.29 is 9.53 Å². The molecule has 0 aromatic carbocycles. The average molecular weight is 422 g/mol. The van der Waals surface area contributed by atoms with E-state index in [0.717, 1.165) is 23.9 Å². The summed E-state index contributed by atoms with van der Waals surface area (Å²) in [6.45, 7) is 8.22. The molecule has 1 aromatic rings. The van der Waals surface area contributed by atoms with Crippen LogP contribution in [0.1, 0.15) is 11.3 Å². The summed E-state index contributed by atoms with van der Waals surface area (Å²) in [5, 5.41) is 2.75. The molecule has 0 fully saturated rings. The highest BCUT2D eigenvalue weighted by Gasteiger charge is 2.43. The Kier molecular flexibility index (Phi) is 4.73. The van der Waals surface area contributed by atoms with Crippen LogP contribution in [0.25, 0.3) is 0 Å². The van der Waals surface area contributed by atoms with E-state index < -0.39 is 11.3 Å². The molecule has 2 rings (SSSR count). The van der Waals surface area contributed by atoms with Crippen LogP contribution in [0, 0.1) is 0 Å². The number of hydrogen-bond donors (Lipinski definition) is 1. The Morgan fingerprint density at radius 1 is 1.35 bits per heavy atom. The minimum atomic E-state index is -1.06. The third-order valence-electron chi connectivity index (χ3n) is 3.05. The molecule has 1 N–H and O–H groups in total. The number of carbonyl (C=O) groups excluding carboxylic acids is 1. The van der Waals surface area contributed by atoms with Gasteiger partial charge in [0.05, 0.1) is 12.3 Å². The van der Waals surface area contributed by atoms with Crippen LogP contribution in [0.2, 0.25) is 25.7 Å². The molecule has 7 heteroatoms. The maximum atomic E-state index is 11.8. The Balaban J connectivity index is 1.97. The van der Waals surface area contributed by atoms with Crippen molar-refractivity contribution in [3.63, 3.8) is 0 Å². The predicted molar refractivity (Wildman–Crippen MR) is 90.2 cm³/mol. The van der Waals surface area contributed by atoms with E-state index in [1.165, 1.54) is 0 Å². The number of alkyl halides is 2. The normalized spacial score (nSPS) is 16.9. The predicted octanol–water partition coefficient (Wildman–Crippen LogP) is 3.83. The number of carbonyl (C=O) groups is 1. The molecule has 0 radical (unpaired) electrons. The maximum Gasteiger partial charge on any atom is 0.258 e. The fourth-order valence-electron chi connectivity index (χ4n) is 1.79. The maximum absolute atomic E-state index is 11.8. The summed E-state index contributed by atoms with van der Waals surface area (Å²) in [6, 6.07) is 4.92. The monoisotopic (exact) mass is 420 g/mol. The lowest BCUT2D eigenvalue weighted by Crippen LogP contribution is -2.21. The SMILES string of the molecule is C[Si](C)(C)CCOCc1ccc2c(n1)NC(=O)C2(Br)Br. The molecule has 0 saturated heterocycles. The summed E-state index contributed by atoms with van der Waals surface area (Å²) in [5.41, 5.74) is 1.63. The van der Waals surface area contributed by atoms with Crippen LogP contribution in [-0.2, 0) is 19.4 Å². The van der Waals surface area contributed by atoms with Gasteiger partial charge in [0, 0.05) is 20.2 Å². The zero-order chi connectivity index (χ0) is 15.0. The lowest BCUT2D eigenvalue weighted by Gasteiger charge is -2.15. The third-order valence-corrected chi connectivity index (χ3v) is 6.33. The lowest BCUT2D eigenvalue weighted by atomic mass is 10.2. The number of nitrogens with zero attached hydrogens (tertiary/aromatic N) is 1. The first kappa shape index (κ1) is 16.1. The lowest BCUT2D eigenvalue weighted by molar-refractivity contribution is -0.115. The molecule has 110 valence electrons. The second-order valence-electron chi connectivity index (χ2n) is 6.09. The fraction of sp³-hybridized carbons (Fsp3) is 0.538. The van der Waals surface area contributed by atoms with E-state index in [1.807, 2.05) is 12.1 Å². The number of ether oxygens (including phenoxy) is 1. The highest BCUT2D eigenvalue weighted by atomic mass is 79.9. The van der Waals surface area contributed by atoms with Crippen LogP contribution in [0.3, 0.4) is 0 Å². The van der Waals surface area contributed by atoms with Gasteiger partial charge in [0.15, 0.2) is 3.23 Å². The van der Waals surface area contributed by atoms with E-state index in [-0.39, 0.29) is 5.91 Å². The van der Waals surface area contributed by atoms with Crippen LogP contribution >= 0.6 is 31.9 Å². The molecule has 1 aliphatic heterocycles. The van der Waals surface area contributed by atoms with Crippen molar-refractivity contribution in [2.24, 2.45) is 0 Å². The smallest absolute Gasteiger partial charge is 0.258 e. The van der Waals surface area contributed by atoms with Gasteiger partial charge in [-0.1, -0.05) is 57.6 Å². The van der Waals surface area contributed by atoms with Gasteiger partial charge >= 0.3 is 0 Å². The van der Waals surface area contributed by atoms with E-state index in [0.29, 0.717) is 12.4 Å².